The summed E-state index contributed by atoms with van der Waals surface area (Å²) in [6.07, 6.45) is 8.03. The monoisotopic (exact) mass is 728 g/mol. The molecule has 1 unspecified atom stereocenters. The van der Waals surface area contributed by atoms with Crippen LogP contribution in [0.3, 0.4) is 0 Å². The number of benzene rings is 2. The molecule has 2 aromatic rings. The minimum absolute atomic E-state index is 0. The summed E-state index contributed by atoms with van der Waals surface area (Å²) in [5, 5.41) is 10.1. The number of ketones is 1. The zero-order chi connectivity index (χ0) is 31.5. The summed E-state index contributed by atoms with van der Waals surface area (Å²) in [6, 6.07) is 19.3. The van der Waals surface area contributed by atoms with Gasteiger partial charge in [0.25, 0.3) is 0 Å². The summed E-state index contributed by atoms with van der Waals surface area (Å²) < 4.78 is 15.6. The molecule has 9 nitrogen and oxygen atoms in total. The molecule has 47 heavy (non-hydrogen) atoms. The fourth-order valence-electron chi connectivity index (χ4n) is 5.04. The molecule has 3 aliphatic rings. The molecule has 0 saturated carbocycles. The van der Waals surface area contributed by atoms with Gasteiger partial charge in [0, 0.05) is 52.2 Å². The predicted molar refractivity (Wildman–Crippen MR) is 181 cm³/mol. The maximum atomic E-state index is 12.1. The van der Waals surface area contributed by atoms with E-state index in [1.54, 1.807) is 9.80 Å². The first kappa shape index (κ1) is 44.8. The van der Waals surface area contributed by atoms with Crippen LogP contribution in [0.2, 0.25) is 0 Å². The fraction of sp³-hybridized carbons (Fsp3) is 0.556. The molecule has 11 heteroatoms. The van der Waals surface area contributed by atoms with Gasteiger partial charge in [-0.25, -0.2) is 9.59 Å². The second kappa shape index (κ2) is 25.8. The summed E-state index contributed by atoms with van der Waals surface area (Å²) in [5.41, 5.74) is 1.29. The zero-order valence-electron chi connectivity index (χ0n) is 28.4. The van der Waals surface area contributed by atoms with Crippen molar-refractivity contribution in [2.75, 3.05) is 39.4 Å². The van der Waals surface area contributed by atoms with E-state index in [-0.39, 0.29) is 72.0 Å². The van der Waals surface area contributed by atoms with Gasteiger partial charge in [0.15, 0.2) is 0 Å². The maximum absolute atomic E-state index is 12.1. The van der Waals surface area contributed by atoms with Gasteiger partial charge in [-0.05, 0) is 69.4 Å². The van der Waals surface area contributed by atoms with Crippen molar-refractivity contribution in [3.05, 3.63) is 79.2 Å². The van der Waals surface area contributed by atoms with Gasteiger partial charge < -0.3 is 53.5 Å². The van der Waals surface area contributed by atoms with E-state index in [0.717, 1.165) is 56.4 Å². The number of hydrogen-bond donors (Lipinski definition) is 1. The molecule has 3 saturated heterocycles. The zero-order valence-corrected chi connectivity index (χ0v) is 31.4. The Labute approximate surface area is 308 Å². The van der Waals surface area contributed by atoms with Gasteiger partial charge >= 0.3 is 35.2 Å². The van der Waals surface area contributed by atoms with Gasteiger partial charge in [0.1, 0.15) is 19.0 Å². The van der Waals surface area contributed by atoms with Crippen LogP contribution < -0.4 is 17.0 Å². The van der Waals surface area contributed by atoms with Crippen molar-refractivity contribution in [2.24, 2.45) is 0 Å². The van der Waals surface area contributed by atoms with Crippen molar-refractivity contribution in [1.82, 2.24) is 9.80 Å². The smallest absolute Gasteiger partial charge is 1.00 e. The molecule has 3 fully saturated rings. The fourth-order valence-corrected chi connectivity index (χ4v) is 5.04. The van der Waals surface area contributed by atoms with Gasteiger partial charge in [-0.3, -0.25) is 4.79 Å². The summed E-state index contributed by atoms with van der Waals surface area (Å²) in [6.45, 7) is 6.85. The van der Waals surface area contributed by atoms with Crippen LogP contribution in [0.25, 0.3) is 0 Å². The van der Waals surface area contributed by atoms with Crippen LogP contribution >= 0.6 is 0 Å². The molecule has 0 bridgehead atoms. The number of nitrogens with zero attached hydrogens (tertiary/aromatic N) is 2. The number of rotatable bonds is 4. The summed E-state index contributed by atoms with van der Waals surface area (Å²) in [4.78, 5) is 38.8. The molecule has 1 atom stereocenters. The van der Waals surface area contributed by atoms with Crippen LogP contribution in [0.4, 0.5) is 9.59 Å². The largest absolute Gasteiger partial charge is 2.00 e. The third-order valence-corrected chi connectivity index (χ3v) is 7.86. The molecule has 0 spiro atoms. The van der Waals surface area contributed by atoms with Crippen molar-refractivity contribution in [2.45, 2.75) is 89.9 Å². The third-order valence-electron chi connectivity index (χ3n) is 7.86. The third kappa shape index (κ3) is 19.4. The summed E-state index contributed by atoms with van der Waals surface area (Å²) in [7, 11) is 0. The van der Waals surface area contributed by atoms with E-state index in [1.165, 1.54) is 12.8 Å². The molecule has 258 valence electrons. The summed E-state index contributed by atoms with van der Waals surface area (Å²) in [5.74, 6) is 0.237. The number of Topliss-reactive ketones (excluding diaryl/α,β-unsaturated/α-hetero) is 1. The van der Waals surface area contributed by atoms with Crippen LogP contribution in [-0.2, 0) is 32.2 Å². The number of amides is 2. The van der Waals surface area contributed by atoms with Crippen LogP contribution in [0, 0.1) is 7.43 Å². The second-order valence-electron chi connectivity index (χ2n) is 11.8. The van der Waals surface area contributed by atoms with Gasteiger partial charge in [-0.15, -0.1) is 0 Å². The van der Waals surface area contributed by atoms with Gasteiger partial charge in [0.05, 0.1) is 5.60 Å². The molecule has 3 aliphatic heterocycles. The Morgan fingerprint density at radius 2 is 1.21 bits per heavy atom. The molecule has 5 rings (SSSR count). The van der Waals surface area contributed by atoms with Crippen molar-refractivity contribution in [1.29, 1.82) is 0 Å². The van der Waals surface area contributed by atoms with Crippen molar-refractivity contribution >= 4 is 41.0 Å². The van der Waals surface area contributed by atoms with Gasteiger partial charge in [0.2, 0.25) is 0 Å². The van der Waals surface area contributed by atoms with E-state index in [4.69, 9.17) is 14.2 Å². The van der Waals surface area contributed by atoms with Crippen LogP contribution in [0.5, 0.6) is 0 Å². The summed E-state index contributed by atoms with van der Waals surface area (Å²) >= 11 is 0. The quantitative estimate of drug-likeness (QED) is 0.379. The molecule has 2 aromatic carbocycles. The Bertz CT molecular complexity index is 1110. The van der Waals surface area contributed by atoms with E-state index in [1.807, 2.05) is 67.6 Å². The Kier molecular flexibility index (Phi) is 24.6. The van der Waals surface area contributed by atoms with Crippen LogP contribution in [-0.4, -0.2) is 101 Å². The number of carbonyl (C=O) groups is 3. The first-order chi connectivity index (χ1) is 21.3. The van der Waals surface area contributed by atoms with Gasteiger partial charge in [-0.1, -0.05) is 60.7 Å². The van der Waals surface area contributed by atoms with Crippen molar-refractivity contribution < 1.29 is 50.7 Å². The Morgan fingerprint density at radius 1 is 0.723 bits per heavy atom. The first-order valence-corrected chi connectivity index (χ1v) is 16.1. The Balaban J connectivity index is 0.000000741. The molecule has 0 radical (unpaired) electrons. The number of ether oxygens (including phenoxy) is 3. The van der Waals surface area contributed by atoms with E-state index in [2.05, 4.69) is 0 Å². The molecular formula is C36H53BrMgN2O7. The minimum atomic E-state index is -0.668. The molecule has 2 amide bonds. The maximum Gasteiger partial charge on any atom is 2.00 e. The second-order valence-corrected chi connectivity index (χ2v) is 11.8. The first-order valence-electron chi connectivity index (χ1n) is 16.1. The van der Waals surface area contributed by atoms with E-state index in [9.17, 15) is 19.5 Å². The standard InChI is InChI=1S/C16H23NO3.C15H19NO3.C4H8O.CH3.BrH.Mg/c1-16(19)9-5-6-11-17(12-10-16)15(18)20-13-14-7-3-2-4-8-14;17-14-8-4-5-10-16(11-9-14)15(18)19-12-13-6-2-1-3-7-13;1-2-4-5-3-1;;;/h2-4,7-8,19H,5-6,9-13H2,1H3;1-3,6-7H,4-5,8-12H2;1-4H2;1H3;1H;/q;;;-1;;+2/p-1. The molecule has 0 aromatic heterocycles. The Morgan fingerprint density at radius 3 is 1.70 bits per heavy atom. The number of halogens is 1. The van der Waals surface area contributed by atoms with Crippen molar-refractivity contribution in [3.63, 3.8) is 0 Å². The minimum Gasteiger partial charge on any atom is -1.00 e. The predicted octanol–water partition coefficient (Wildman–Crippen LogP) is 3.59. The average molecular weight is 730 g/mol. The van der Waals surface area contributed by atoms with E-state index < -0.39 is 5.60 Å². The topological polar surface area (TPSA) is 106 Å². The molecular weight excluding hydrogens is 677 g/mol. The number of aliphatic hydroxyl groups is 1. The number of carbonyl (C=O) groups excluding carboxylic acids is 3. The van der Waals surface area contributed by atoms with Gasteiger partial charge in [-0.2, -0.15) is 0 Å². The molecule has 3 heterocycles. The average Bonchev–Trinajstić information content (AvgIpc) is 3.61. The van der Waals surface area contributed by atoms with Crippen LogP contribution in [0.1, 0.15) is 82.3 Å². The SMILES string of the molecule is C1CCOC1.CC1(O)CCCCN(C(=O)OCc2ccccc2)CC1.O=C1CCCCN(C(=O)OCc2ccccc2)CC1.[Br-].[CH3-].[Mg+2]. The molecule has 1 N–H and O–H groups in total. The number of likely N-dealkylation sites (tertiary alicyclic amines) is 2. The van der Waals surface area contributed by atoms with E-state index in [0.29, 0.717) is 52.0 Å². The van der Waals surface area contributed by atoms with Crippen LogP contribution in [0.15, 0.2) is 60.7 Å². The van der Waals surface area contributed by atoms with E-state index >= 15 is 0 Å². The normalized spacial score (nSPS) is 19.4. The number of hydrogen-bond acceptors (Lipinski definition) is 7. The Hall–Kier alpha value is -2.18. The van der Waals surface area contributed by atoms with Crippen molar-refractivity contribution in [3.8, 4) is 0 Å². The molecule has 0 aliphatic carbocycles.